The van der Waals surface area contributed by atoms with Crippen molar-refractivity contribution < 1.29 is 4.79 Å². The number of aryl methyl sites for hydroxylation is 1. The van der Waals surface area contributed by atoms with Crippen LogP contribution in [0.1, 0.15) is 26.6 Å². The van der Waals surface area contributed by atoms with Gasteiger partial charge in [0.1, 0.15) is 0 Å². The third-order valence-electron chi connectivity index (χ3n) is 4.61. The van der Waals surface area contributed by atoms with Gasteiger partial charge in [-0.05, 0) is 43.5 Å². The second-order valence-electron chi connectivity index (χ2n) is 6.23. The quantitative estimate of drug-likeness (QED) is 0.500. The molecule has 0 fully saturated rings. The molecule has 126 valence electrons. The standard InChI is InChI=1S/C20H19N3OS/c1-14-10-17(15(2)23(14)11-16-6-5-9-25-16)20(24)12-22-13-21-18-7-3-4-8-19(18)22/h3-10,13H,11-12H2,1-2H3. The highest BCUT2D eigenvalue weighted by molar-refractivity contribution is 7.09. The minimum Gasteiger partial charge on any atom is -0.343 e. The predicted octanol–water partition coefficient (Wildman–Crippen LogP) is 4.45. The minimum atomic E-state index is 0.119. The van der Waals surface area contributed by atoms with Crippen LogP contribution in [0.2, 0.25) is 0 Å². The summed E-state index contributed by atoms with van der Waals surface area (Å²) in [4.78, 5) is 18.5. The Kier molecular flexibility index (Phi) is 4.01. The first kappa shape index (κ1) is 15.8. The van der Waals surface area contributed by atoms with Crippen LogP contribution in [-0.4, -0.2) is 19.9 Å². The van der Waals surface area contributed by atoms with Crippen LogP contribution >= 0.6 is 11.3 Å². The summed E-state index contributed by atoms with van der Waals surface area (Å²) in [5.74, 6) is 0.119. The maximum absolute atomic E-state index is 12.9. The van der Waals surface area contributed by atoms with Crippen LogP contribution < -0.4 is 0 Å². The monoisotopic (exact) mass is 349 g/mol. The topological polar surface area (TPSA) is 39.8 Å². The molecule has 25 heavy (non-hydrogen) atoms. The van der Waals surface area contributed by atoms with Crippen molar-refractivity contribution in [3.05, 3.63) is 76.0 Å². The second-order valence-corrected chi connectivity index (χ2v) is 7.27. The number of carbonyl (C=O) groups is 1. The summed E-state index contributed by atoms with van der Waals surface area (Å²) in [6.45, 7) is 5.21. The van der Waals surface area contributed by atoms with Crippen LogP contribution in [-0.2, 0) is 13.1 Å². The molecule has 3 heterocycles. The van der Waals surface area contributed by atoms with E-state index in [1.54, 1.807) is 17.7 Å². The van der Waals surface area contributed by atoms with E-state index in [9.17, 15) is 4.79 Å². The first-order valence-electron chi connectivity index (χ1n) is 8.25. The van der Waals surface area contributed by atoms with Gasteiger partial charge in [0.15, 0.2) is 5.78 Å². The van der Waals surface area contributed by atoms with Crippen LogP contribution in [0, 0.1) is 13.8 Å². The number of carbonyl (C=O) groups excluding carboxylic acids is 1. The van der Waals surface area contributed by atoms with Gasteiger partial charge in [-0.25, -0.2) is 4.98 Å². The molecule has 0 unspecified atom stereocenters. The van der Waals surface area contributed by atoms with Crippen molar-refractivity contribution in [1.82, 2.24) is 14.1 Å². The first-order chi connectivity index (χ1) is 12.1. The van der Waals surface area contributed by atoms with Crippen molar-refractivity contribution >= 4 is 28.2 Å². The molecule has 4 aromatic rings. The molecule has 4 nitrogen and oxygen atoms in total. The molecule has 0 radical (unpaired) electrons. The van der Waals surface area contributed by atoms with Crippen molar-refractivity contribution in [2.45, 2.75) is 26.9 Å². The molecular formula is C20H19N3OS. The number of benzene rings is 1. The fourth-order valence-electron chi connectivity index (χ4n) is 3.26. The largest absolute Gasteiger partial charge is 0.343 e. The molecule has 4 rings (SSSR count). The molecular weight excluding hydrogens is 330 g/mol. The molecule has 0 amide bonds. The number of para-hydroxylation sites is 2. The number of nitrogens with zero attached hydrogens (tertiary/aromatic N) is 3. The zero-order valence-electron chi connectivity index (χ0n) is 14.3. The van der Waals surface area contributed by atoms with E-state index in [-0.39, 0.29) is 5.78 Å². The third kappa shape index (κ3) is 2.91. The van der Waals surface area contributed by atoms with Crippen molar-refractivity contribution in [1.29, 1.82) is 0 Å². The van der Waals surface area contributed by atoms with Crippen molar-refractivity contribution in [2.75, 3.05) is 0 Å². The number of fused-ring (bicyclic) bond motifs is 1. The lowest BCUT2D eigenvalue weighted by molar-refractivity contribution is 0.0972. The molecule has 0 saturated heterocycles. The lowest BCUT2D eigenvalue weighted by atomic mass is 10.1. The zero-order valence-corrected chi connectivity index (χ0v) is 15.1. The number of imidazole rings is 1. The summed E-state index contributed by atoms with van der Waals surface area (Å²) in [7, 11) is 0. The minimum absolute atomic E-state index is 0.119. The summed E-state index contributed by atoms with van der Waals surface area (Å²) in [5.41, 5.74) is 4.85. The van der Waals surface area contributed by atoms with Gasteiger partial charge >= 0.3 is 0 Å². The normalized spacial score (nSPS) is 11.3. The van der Waals surface area contributed by atoms with Crippen molar-refractivity contribution in [2.24, 2.45) is 0 Å². The number of hydrogen-bond donors (Lipinski definition) is 0. The second kappa shape index (κ2) is 6.33. The first-order valence-corrected chi connectivity index (χ1v) is 9.13. The molecule has 1 aromatic carbocycles. The van der Waals surface area contributed by atoms with Crippen LogP contribution in [0.3, 0.4) is 0 Å². The number of thiophene rings is 1. The Labute approximate surface area is 150 Å². The molecule has 0 saturated carbocycles. The molecule has 5 heteroatoms. The van der Waals surface area contributed by atoms with E-state index >= 15 is 0 Å². The van der Waals surface area contributed by atoms with E-state index < -0.39 is 0 Å². The Bertz CT molecular complexity index is 1040. The highest BCUT2D eigenvalue weighted by Gasteiger charge is 2.17. The lowest BCUT2D eigenvalue weighted by Crippen LogP contribution is -2.11. The molecule has 3 aromatic heterocycles. The highest BCUT2D eigenvalue weighted by Crippen LogP contribution is 2.21. The predicted molar refractivity (Wildman–Crippen MR) is 101 cm³/mol. The summed E-state index contributed by atoms with van der Waals surface area (Å²) in [6, 6.07) is 14.1. The number of aromatic nitrogens is 3. The van der Waals surface area contributed by atoms with Crippen molar-refractivity contribution in [3.8, 4) is 0 Å². The molecule has 0 aliphatic carbocycles. The zero-order chi connectivity index (χ0) is 17.4. The number of rotatable bonds is 5. The van der Waals surface area contributed by atoms with Gasteiger partial charge in [-0.3, -0.25) is 4.79 Å². The number of Topliss-reactive ketones (excluding diaryl/α,β-unsaturated/α-hetero) is 1. The molecule has 0 N–H and O–H groups in total. The molecule has 0 spiro atoms. The smallest absolute Gasteiger partial charge is 0.184 e. The molecule has 0 aliphatic rings. The summed E-state index contributed by atoms with van der Waals surface area (Å²) >= 11 is 1.74. The molecule has 0 atom stereocenters. The van der Waals surface area contributed by atoms with Crippen LogP contribution in [0.5, 0.6) is 0 Å². The van der Waals surface area contributed by atoms with Gasteiger partial charge in [-0.15, -0.1) is 11.3 Å². The highest BCUT2D eigenvalue weighted by atomic mass is 32.1. The summed E-state index contributed by atoms with van der Waals surface area (Å²) in [6.07, 6.45) is 1.74. The summed E-state index contributed by atoms with van der Waals surface area (Å²) in [5, 5.41) is 2.08. The van der Waals surface area contributed by atoms with E-state index in [2.05, 4.69) is 34.0 Å². The summed E-state index contributed by atoms with van der Waals surface area (Å²) < 4.78 is 4.13. The maximum Gasteiger partial charge on any atom is 0.184 e. The SMILES string of the molecule is Cc1cc(C(=O)Cn2cnc3ccccc32)c(C)n1Cc1cccs1. The van der Waals surface area contributed by atoms with Crippen LogP contribution in [0.4, 0.5) is 0 Å². The van der Waals surface area contributed by atoms with Gasteiger partial charge in [0, 0.05) is 21.8 Å². The van der Waals surface area contributed by atoms with E-state index in [1.165, 1.54) is 4.88 Å². The Morgan fingerprint density at radius 2 is 2.00 bits per heavy atom. The van der Waals surface area contributed by atoms with Crippen molar-refractivity contribution in [3.63, 3.8) is 0 Å². The Morgan fingerprint density at radius 1 is 1.16 bits per heavy atom. The maximum atomic E-state index is 12.9. The lowest BCUT2D eigenvalue weighted by Gasteiger charge is -2.08. The van der Waals surface area contributed by atoms with E-state index in [4.69, 9.17) is 0 Å². The fourth-order valence-corrected chi connectivity index (χ4v) is 3.95. The average molecular weight is 349 g/mol. The van der Waals surface area contributed by atoms with E-state index in [0.29, 0.717) is 6.54 Å². The Hall–Kier alpha value is -2.66. The van der Waals surface area contributed by atoms with Gasteiger partial charge in [-0.1, -0.05) is 18.2 Å². The van der Waals surface area contributed by atoms with Gasteiger partial charge in [-0.2, -0.15) is 0 Å². The number of hydrogen-bond acceptors (Lipinski definition) is 3. The third-order valence-corrected chi connectivity index (χ3v) is 5.47. The van der Waals surface area contributed by atoms with Gasteiger partial charge in [0.05, 0.1) is 30.5 Å². The fraction of sp³-hybridized carbons (Fsp3) is 0.200. The molecule has 0 bridgehead atoms. The number of ketones is 1. The van der Waals surface area contributed by atoms with Gasteiger partial charge < -0.3 is 9.13 Å². The van der Waals surface area contributed by atoms with Gasteiger partial charge in [0.2, 0.25) is 0 Å². The van der Waals surface area contributed by atoms with Gasteiger partial charge in [0.25, 0.3) is 0 Å². The Morgan fingerprint density at radius 3 is 2.80 bits per heavy atom. The van der Waals surface area contributed by atoms with E-state index in [1.807, 2.05) is 41.8 Å². The van der Waals surface area contributed by atoms with E-state index in [0.717, 1.165) is 34.5 Å². The van der Waals surface area contributed by atoms with Crippen LogP contribution in [0.15, 0.2) is 54.2 Å². The van der Waals surface area contributed by atoms with Crippen LogP contribution in [0.25, 0.3) is 11.0 Å². The molecule has 0 aliphatic heterocycles. The average Bonchev–Trinajstić information content (AvgIpc) is 3.32. The Balaban J connectivity index is 1.62.